The van der Waals surface area contributed by atoms with E-state index in [1.165, 1.54) is 0 Å². The van der Waals surface area contributed by atoms with Crippen molar-refractivity contribution in [3.63, 3.8) is 0 Å². The van der Waals surface area contributed by atoms with Gasteiger partial charge in [-0.15, -0.1) is 0 Å². The van der Waals surface area contributed by atoms with Crippen LogP contribution in [0, 0.1) is 0 Å². The van der Waals surface area contributed by atoms with Gasteiger partial charge in [0, 0.05) is 30.9 Å². The number of nitrogens with zero attached hydrogens (tertiary/aromatic N) is 2. The zero-order chi connectivity index (χ0) is 16.8. The lowest BCUT2D eigenvalue weighted by molar-refractivity contribution is -0.0434. The number of morpholine rings is 1. The van der Waals surface area contributed by atoms with Crippen molar-refractivity contribution in [1.29, 1.82) is 0 Å². The maximum absolute atomic E-state index is 12.3. The Kier molecular flexibility index (Phi) is 5.71. The van der Waals surface area contributed by atoms with E-state index in [1.54, 1.807) is 0 Å². The van der Waals surface area contributed by atoms with Crippen LogP contribution in [0.15, 0.2) is 30.3 Å². The summed E-state index contributed by atoms with van der Waals surface area (Å²) in [5, 5.41) is 6.01. The van der Waals surface area contributed by atoms with Crippen LogP contribution in [-0.4, -0.2) is 74.4 Å². The number of carbonyl (C=O) groups excluding carboxylic acids is 1. The van der Waals surface area contributed by atoms with Crippen LogP contribution in [0.25, 0.3) is 0 Å². The fraction of sp³-hybridized carbons (Fsp3) is 0.611. The molecule has 0 unspecified atom stereocenters. The number of anilines is 1. The normalized spacial score (nSPS) is 22.0. The number of hydrogen-bond acceptors (Lipinski definition) is 4. The molecular formula is C18H28N4O2. The Morgan fingerprint density at radius 3 is 2.46 bits per heavy atom. The summed E-state index contributed by atoms with van der Waals surface area (Å²) in [5.74, 6) is 0. The lowest BCUT2D eigenvalue weighted by atomic mass is 9.85. The predicted molar refractivity (Wildman–Crippen MR) is 95.3 cm³/mol. The van der Waals surface area contributed by atoms with Gasteiger partial charge in [-0.25, -0.2) is 4.79 Å². The molecule has 2 amide bonds. The molecule has 2 N–H and O–H groups in total. The van der Waals surface area contributed by atoms with Gasteiger partial charge in [-0.05, 0) is 45.1 Å². The first-order valence-electron chi connectivity index (χ1n) is 8.79. The fourth-order valence-electron chi connectivity index (χ4n) is 3.62. The summed E-state index contributed by atoms with van der Waals surface area (Å²) in [6.07, 6.45) is 2.16. The first-order chi connectivity index (χ1) is 11.7. The maximum atomic E-state index is 12.3. The van der Waals surface area contributed by atoms with Crippen molar-refractivity contribution in [2.75, 3.05) is 58.3 Å². The number of benzene rings is 1. The Bertz CT molecular complexity index is 523. The highest BCUT2D eigenvalue weighted by molar-refractivity contribution is 5.89. The molecule has 0 spiro atoms. The number of hydrogen-bond donors (Lipinski definition) is 2. The van der Waals surface area contributed by atoms with E-state index in [9.17, 15) is 4.79 Å². The summed E-state index contributed by atoms with van der Waals surface area (Å²) in [6, 6.07) is 9.44. The van der Waals surface area contributed by atoms with Crippen molar-refractivity contribution in [3.05, 3.63) is 30.3 Å². The van der Waals surface area contributed by atoms with Gasteiger partial charge >= 0.3 is 6.03 Å². The van der Waals surface area contributed by atoms with E-state index in [2.05, 4.69) is 27.5 Å². The Morgan fingerprint density at radius 1 is 1.12 bits per heavy atom. The molecule has 0 aliphatic carbocycles. The van der Waals surface area contributed by atoms with E-state index in [0.29, 0.717) is 6.54 Å². The third-order valence-electron chi connectivity index (χ3n) is 5.21. The largest absolute Gasteiger partial charge is 0.379 e. The van der Waals surface area contributed by atoms with Crippen molar-refractivity contribution in [3.8, 4) is 0 Å². The predicted octanol–water partition coefficient (Wildman–Crippen LogP) is 1.60. The average molecular weight is 332 g/mol. The molecule has 0 radical (unpaired) electrons. The quantitative estimate of drug-likeness (QED) is 0.879. The summed E-state index contributed by atoms with van der Waals surface area (Å²) in [6.45, 7) is 6.29. The van der Waals surface area contributed by atoms with Crippen LogP contribution in [0.3, 0.4) is 0 Å². The lowest BCUT2D eigenvalue weighted by Gasteiger charge is -2.49. The van der Waals surface area contributed by atoms with E-state index in [1.807, 2.05) is 30.3 Å². The fourth-order valence-corrected chi connectivity index (χ4v) is 3.62. The summed E-state index contributed by atoms with van der Waals surface area (Å²) >= 11 is 0. The molecule has 1 aromatic carbocycles. The zero-order valence-electron chi connectivity index (χ0n) is 14.5. The van der Waals surface area contributed by atoms with Crippen LogP contribution in [0.2, 0.25) is 0 Å². The summed E-state index contributed by atoms with van der Waals surface area (Å²) in [7, 11) is 2.17. The summed E-state index contributed by atoms with van der Waals surface area (Å²) in [4.78, 5) is 17.2. The molecule has 132 valence electrons. The highest BCUT2D eigenvalue weighted by Gasteiger charge is 2.40. The van der Waals surface area contributed by atoms with Crippen molar-refractivity contribution in [1.82, 2.24) is 15.1 Å². The molecule has 24 heavy (non-hydrogen) atoms. The van der Waals surface area contributed by atoms with Crippen LogP contribution >= 0.6 is 0 Å². The Hall–Kier alpha value is -1.63. The van der Waals surface area contributed by atoms with E-state index in [-0.39, 0.29) is 11.6 Å². The van der Waals surface area contributed by atoms with Crippen molar-refractivity contribution < 1.29 is 9.53 Å². The molecule has 1 aromatic rings. The molecule has 2 heterocycles. The second-order valence-corrected chi connectivity index (χ2v) is 6.80. The number of para-hydroxylation sites is 1. The third-order valence-corrected chi connectivity index (χ3v) is 5.21. The van der Waals surface area contributed by atoms with Gasteiger partial charge in [0.2, 0.25) is 0 Å². The van der Waals surface area contributed by atoms with Gasteiger partial charge in [-0.3, -0.25) is 4.90 Å². The number of nitrogens with one attached hydrogen (secondary N) is 2. The molecule has 0 atom stereocenters. The lowest BCUT2D eigenvalue weighted by Crippen LogP contribution is -2.62. The van der Waals surface area contributed by atoms with Gasteiger partial charge in [-0.2, -0.15) is 0 Å². The van der Waals surface area contributed by atoms with Crippen LogP contribution in [-0.2, 0) is 4.74 Å². The van der Waals surface area contributed by atoms with E-state index in [0.717, 1.165) is 57.9 Å². The molecular weight excluding hydrogens is 304 g/mol. The van der Waals surface area contributed by atoms with E-state index >= 15 is 0 Å². The molecule has 6 nitrogen and oxygen atoms in total. The van der Waals surface area contributed by atoms with Crippen LogP contribution in [0.1, 0.15) is 12.8 Å². The Balaban J connectivity index is 1.60. The minimum absolute atomic E-state index is 0.0460. The second-order valence-electron chi connectivity index (χ2n) is 6.80. The minimum atomic E-state index is -0.132. The molecule has 3 rings (SSSR count). The first kappa shape index (κ1) is 17.2. The standard InChI is InChI=1S/C18H28N4O2/c1-21-9-7-18(8-10-21,22-11-13-24-14-12-22)15-19-17(23)20-16-5-3-2-4-6-16/h2-6H,7-15H2,1H3,(H2,19,20,23). The SMILES string of the molecule is CN1CCC(CNC(=O)Nc2ccccc2)(N2CCOCC2)CC1. The zero-order valence-corrected chi connectivity index (χ0v) is 14.5. The number of rotatable bonds is 4. The molecule has 0 bridgehead atoms. The summed E-state index contributed by atoms with van der Waals surface area (Å²) < 4.78 is 5.51. The van der Waals surface area contributed by atoms with Crippen LogP contribution in [0.4, 0.5) is 10.5 Å². The number of carbonyl (C=O) groups is 1. The molecule has 6 heteroatoms. The molecule has 2 aliphatic heterocycles. The third kappa shape index (κ3) is 4.26. The van der Waals surface area contributed by atoms with Crippen molar-refractivity contribution in [2.45, 2.75) is 18.4 Å². The van der Waals surface area contributed by atoms with Crippen LogP contribution < -0.4 is 10.6 Å². The Labute approximate surface area is 144 Å². The number of piperidine rings is 1. The van der Waals surface area contributed by atoms with Crippen LogP contribution in [0.5, 0.6) is 0 Å². The highest BCUT2D eigenvalue weighted by Crippen LogP contribution is 2.29. The van der Waals surface area contributed by atoms with Crippen molar-refractivity contribution >= 4 is 11.7 Å². The molecule has 2 fully saturated rings. The van der Waals surface area contributed by atoms with Gasteiger partial charge in [0.05, 0.1) is 13.2 Å². The number of urea groups is 1. The van der Waals surface area contributed by atoms with E-state index in [4.69, 9.17) is 4.74 Å². The van der Waals surface area contributed by atoms with E-state index < -0.39 is 0 Å². The van der Waals surface area contributed by atoms with Gasteiger partial charge in [0.25, 0.3) is 0 Å². The molecule has 0 aromatic heterocycles. The molecule has 2 saturated heterocycles. The monoisotopic (exact) mass is 332 g/mol. The molecule has 0 saturated carbocycles. The van der Waals surface area contributed by atoms with Gasteiger partial charge < -0.3 is 20.3 Å². The summed E-state index contributed by atoms with van der Waals surface area (Å²) in [5.41, 5.74) is 0.864. The van der Waals surface area contributed by atoms with Gasteiger partial charge in [0.1, 0.15) is 0 Å². The number of likely N-dealkylation sites (tertiary alicyclic amines) is 1. The number of ether oxygens (including phenoxy) is 1. The first-order valence-corrected chi connectivity index (χ1v) is 8.79. The molecule has 2 aliphatic rings. The minimum Gasteiger partial charge on any atom is -0.379 e. The topological polar surface area (TPSA) is 56.8 Å². The average Bonchev–Trinajstić information content (AvgIpc) is 2.63. The van der Waals surface area contributed by atoms with Gasteiger partial charge in [0.15, 0.2) is 0 Å². The number of amides is 2. The Morgan fingerprint density at radius 2 is 1.79 bits per heavy atom. The van der Waals surface area contributed by atoms with Crippen molar-refractivity contribution in [2.24, 2.45) is 0 Å². The second kappa shape index (κ2) is 7.96. The highest BCUT2D eigenvalue weighted by atomic mass is 16.5. The van der Waals surface area contributed by atoms with Gasteiger partial charge in [-0.1, -0.05) is 18.2 Å². The smallest absolute Gasteiger partial charge is 0.319 e. The maximum Gasteiger partial charge on any atom is 0.319 e.